The third-order valence-electron chi connectivity index (χ3n) is 4.96. The number of guanidine groups is 1. The van der Waals surface area contributed by atoms with Crippen molar-refractivity contribution in [2.24, 2.45) is 4.99 Å². The first-order valence-corrected chi connectivity index (χ1v) is 9.59. The van der Waals surface area contributed by atoms with Crippen LogP contribution in [-0.2, 0) is 0 Å². The van der Waals surface area contributed by atoms with Gasteiger partial charge in [-0.2, -0.15) is 0 Å². The molecule has 0 saturated carbocycles. The molecule has 25 heavy (non-hydrogen) atoms. The van der Waals surface area contributed by atoms with Crippen molar-refractivity contribution in [1.29, 1.82) is 0 Å². The van der Waals surface area contributed by atoms with E-state index in [-0.39, 0.29) is 0 Å². The molecule has 5 nitrogen and oxygen atoms in total. The van der Waals surface area contributed by atoms with Crippen molar-refractivity contribution in [3.8, 4) is 0 Å². The molecular formula is C20H35N5. The predicted octanol–water partition coefficient (Wildman–Crippen LogP) is 1.98. The highest BCUT2D eigenvalue weighted by atomic mass is 15.2. The van der Waals surface area contributed by atoms with Crippen LogP contribution in [0.4, 0.5) is 0 Å². The van der Waals surface area contributed by atoms with Crippen LogP contribution < -0.4 is 10.6 Å². The molecule has 140 valence electrons. The Labute approximate surface area is 153 Å². The fourth-order valence-electron chi connectivity index (χ4n) is 3.11. The van der Waals surface area contributed by atoms with Gasteiger partial charge in [0, 0.05) is 46.3 Å². The summed E-state index contributed by atoms with van der Waals surface area (Å²) in [6.07, 6.45) is 2.43. The number of hydrogen-bond acceptors (Lipinski definition) is 3. The second-order valence-electron chi connectivity index (χ2n) is 7.04. The summed E-state index contributed by atoms with van der Waals surface area (Å²) in [6.45, 7) is 10.2. The van der Waals surface area contributed by atoms with Crippen molar-refractivity contribution >= 4 is 5.96 Å². The Balaban J connectivity index is 1.56. The van der Waals surface area contributed by atoms with Gasteiger partial charge in [-0.3, -0.25) is 4.99 Å². The van der Waals surface area contributed by atoms with E-state index in [1.165, 1.54) is 51.1 Å². The van der Waals surface area contributed by atoms with E-state index in [9.17, 15) is 0 Å². The Morgan fingerprint density at radius 1 is 1.08 bits per heavy atom. The van der Waals surface area contributed by atoms with Gasteiger partial charge in [-0.15, -0.1) is 0 Å². The SMILES string of the molecule is CN=C(NCCCCN1CCN(C)CC1)NCC(C)c1ccccc1. The van der Waals surface area contributed by atoms with Crippen LogP contribution in [0.2, 0.25) is 0 Å². The van der Waals surface area contributed by atoms with E-state index in [4.69, 9.17) is 0 Å². The lowest BCUT2D eigenvalue weighted by atomic mass is 10.0. The number of piperazine rings is 1. The molecule has 0 amide bonds. The summed E-state index contributed by atoms with van der Waals surface area (Å²) in [7, 11) is 4.05. The lowest BCUT2D eigenvalue weighted by Crippen LogP contribution is -2.44. The average Bonchev–Trinajstić information content (AvgIpc) is 2.66. The molecule has 1 fully saturated rings. The van der Waals surface area contributed by atoms with E-state index in [1.54, 1.807) is 0 Å². The van der Waals surface area contributed by atoms with E-state index >= 15 is 0 Å². The first kappa shape index (κ1) is 19.7. The van der Waals surface area contributed by atoms with E-state index < -0.39 is 0 Å². The molecule has 1 aromatic carbocycles. The summed E-state index contributed by atoms with van der Waals surface area (Å²) < 4.78 is 0. The maximum atomic E-state index is 4.33. The highest BCUT2D eigenvalue weighted by Crippen LogP contribution is 2.12. The summed E-state index contributed by atoms with van der Waals surface area (Å²) in [5.41, 5.74) is 1.36. The molecule has 0 bridgehead atoms. The molecule has 2 N–H and O–H groups in total. The van der Waals surface area contributed by atoms with Crippen LogP contribution in [-0.4, -0.2) is 75.7 Å². The second kappa shape index (κ2) is 11.1. The number of likely N-dealkylation sites (N-methyl/N-ethyl adjacent to an activating group) is 1. The lowest BCUT2D eigenvalue weighted by molar-refractivity contribution is 0.152. The number of benzene rings is 1. The highest BCUT2D eigenvalue weighted by Gasteiger charge is 2.12. The average molecular weight is 346 g/mol. The molecule has 5 heteroatoms. The molecule has 2 rings (SSSR count). The van der Waals surface area contributed by atoms with Crippen molar-refractivity contribution in [2.75, 3.05) is 59.9 Å². The zero-order chi connectivity index (χ0) is 17.9. The fraction of sp³-hybridized carbons (Fsp3) is 0.650. The number of aliphatic imine (C=N–C) groups is 1. The smallest absolute Gasteiger partial charge is 0.190 e. The molecule has 0 spiro atoms. The van der Waals surface area contributed by atoms with Crippen molar-refractivity contribution in [1.82, 2.24) is 20.4 Å². The molecular weight excluding hydrogens is 310 g/mol. The fourth-order valence-corrected chi connectivity index (χ4v) is 3.11. The van der Waals surface area contributed by atoms with Gasteiger partial charge >= 0.3 is 0 Å². The summed E-state index contributed by atoms with van der Waals surface area (Å²) in [5.74, 6) is 1.37. The van der Waals surface area contributed by atoms with Crippen LogP contribution in [0.25, 0.3) is 0 Å². The minimum Gasteiger partial charge on any atom is -0.356 e. The maximum Gasteiger partial charge on any atom is 0.190 e. The van der Waals surface area contributed by atoms with E-state index in [1.807, 2.05) is 7.05 Å². The minimum absolute atomic E-state index is 0.469. The quantitative estimate of drug-likeness (QED) is 0.430. The summed E-state index contributed by atoms with van der Waals surface area (Å²) >= 11 is 0. The van der Waals surface area contributed by atoms with Crippen LogP contribution >= 0.6 is 0 Å². The highest BCUT2D eigenvalue weighted by molar-refractivity contribution is 5.79. The van der Waals surface area contributed by atoms with Gasteiger partial charge in [0.05, 0.1) is 0 Å². The van der Waals surface area contributed by atoms with E-state index in [0.717, 1.165) is 19.0 Å². The van der Waals surface area contributed by atoms with Crippen molar-refractivity contribution in [3.05, 3.63) is 35.9 Å². The summed E-state index contributed by atoms with van der Waals surface area (Å²) in [5, 5.41) is 6.87. The Kier molecular flexibility index (Phi) is 8.77. The number of rotatable bonds is 8. The van der Waals surface area contributed by atoms with Gasteiger partial charge < -0.3 is 20.4 Å². The van der Waals surface area contributed by atoms with Crippen LogP contribution in [0.3, 0.4) is 0 Å². The monoisotopic (exact) mass is 345 g/mol. The van der Waals surface area contributed by atoms with Gasteiger partial charge in [0.25, 0.3) is 0 Å². The standard InChI is InChI=1S/C20H35N5/c1-18(19-9-5-4-6-10-19)17-23-20(21-2)22-11-7-8-12-25-15-13-24(3)14-16-25/h4-6,9-10,18H,7-8,11-17H2,1-3H3,(H2,21,22,23). The van der Waals surface area contributed by atoms with Gasteiger partial charge in [-0.25, -0.2) is 0 Å². The summed E-state index contributed by atoms with van der Waals surface area (Å²) in [6, 6.07) is 10.6. The first-order valence-electron chi connectivity index (χ1n) is 9.59. The lowest BCUT2D eigenvalue weighted by Gasteiger charge is -2.32. The molecule has 0 radical (unpaired) electrons. The summed E-state index contributed by atoms with van der Waals surface area (Å²) in [4.78, 5) is 9.31. The van der Waals surface area contributed by atoms with Crippen molar-refractivity contribution in [3.63, 3.8) is 0 Å². The number of nitrogens with zero attached hydrogens (tertiary/aromatic N) is 3. The number of hydrogen-bond donors (Lipinski definition) is 2. The third kappa shape index (κ3) is 7.45. The molecule has 1 saturated heterocycles. The molecule has 0 aliphatic carbocycles. The number of unbranched alkanes of at least 4 members (excludes halogenated alkanes) is 1. The van der Waals surface area contributed by atoms with Gasteiger partial charge in [0.15, 0.2) is 5.96 Å². The predicted molar refractivity (Wildman–Crippen MR) is 107 cm³/mol. The second-order valence-corrected chi connectivity index (χ2v) is 7.04. The van der Waals surface area contributed by atoms with Crippen molar-refractivity contribution in [2.45, 2.75) is 25.7 Å². The molecule has 1 aliphatic rings. The molecule has 1 aliphatic heterocycles. The Bertz CT molecular complexity index is 494. The largest absolute Gasteiger partial charge is 0.356 e. The van der Waals surface area contributed by atoms with Gasteiger partial charge in [0.2, 0.25) is 0 Å². The molecule has 0 aromatic heterocycles. The third-order valence-corrected chi connectivity index (χ3v) is 4.96. The zero-order valence-corrected chi connectivity index (χ0v) is 16.2. The Morgan fingerprint density at radius 2 is 1.80 bits per heavy atom. The molecule has 1 aromatic rings. The van der Waals surface area contributed by atoms with Gasteiger partial charge in [-0.05, 0) is 37.9 Å². The van der Waals surface area contributed by atoms with Crippen molar-refractivity contribution < 1.29 is 0 Å². The minimum atomic E-state index is 0.469. The van der Waals surface area contributed by atoms with Gasteiger partial charge in [-0.1, -0.05) is 37.3 Å². The molecule has 1 atom stereocenters. The van der Waals surface area contributed by atoms with Crippen LogP contribution in [0, 0.1) is 0 Å². The Morgan fingerprint density at radius 3 is 2.48 bits per heavy atom. The maximum absolute atomic E-state index is 4.33. The van der Waals surface area contributed by atoms with E-state index in [0.29, 0.717) is 5.92 Å². The molecule has 1 heterocycles. The van der Waals surface area contributed by atoms with Crippen LogP contribution in [0.5, 0.6) is 0 Å². The van der Waals surface area contributed by atoms with Crippen LogP contribution in [0.1, 0.15) is 31.2 Å². The normalized spacial score (nSPS) is 18.1. The first-order chi connectivity index (χ1) is 12.2. The zero-order valence-electron chi connectivity index (χ0n) is 16.2. The van der Waals surface area contributed by atoms with Crippen LogP contribution in [0.15, 0.2) is 35.3 Å². The number of nitrogens with one attached hydrogen (secondary N) is 2. The van der Waals surface area contributed by atoms with E-state index in [2.05, 4.69) is 69.7 Å². The Hall–Kier alpha value is -1.59. The molecule has 1 unspecified atom stereocenters. The topological polar surface area (TPSA) is 42.9 Å². The van der Waals surface area contributed by atoms with Gasteiger partial charge in [0.1, 0.15) is 0 Å².